The second kappa shape index (κ2) is 7.15. The van der Waals surface area contributed by atoms with E-state index in [2.05, 4.69) is 81.4 Å². The van der Waals surface area contributed by atoms with Crippen LogP contribution in [0.25, 0.3) is 0 Å². The zero-order valence-corrected chi connectivity index (χ0v) is 19.1. The topological polar surface area (TPSA) is 46.5 Å². The number of carbonyl (C=O) groups is 1. The van der Waals surface area contributed by atoms with Crippen molar-refractivity contribution in [1.82, 2.24) is 0 Å². The van der Waals surface area contributed by atoms with Crippen LogP contribution in [0.2, 0.25) is 5.04 Å². The van der Waals surface area contributed by atoms with Crippen molar-refractivity contribution >= 4 is 24.5 Å². The van der Waals surface area contributed by atoms with Crippen LogP contribution < -0.4 is 10.4 Å². The fourth-order valence-corrected chi connectivity index (χ4v) is 11.6. The Morgan fingerprint density at radius 1 is 0.900 bits per heavy atom. The highest BCUT2D eigenvalue weighted by atomic mass is 28.4. The molecule has 3 fully saturated rings. The molecular formula is C26H32O3Si. The summed E-state index contributed by atoms with van der Waals surface area (Å²) in [5.41, 5.74) is 0. The normalized spacial score (nSPS) is 33.1. The highest BCUT2D eigenvalue weighted by molar-refractivity contribution is 6.99. The highest BCUT2D eigenvalue weighted by Crippen LogP contribution is 2.58. The van der Waals surface area contributed by atoms with E-state index in [0.717, 1.165) is 12.8 Å². The predicted molar refractivity (Wildman–Crippen MR) is 121 cm³/mol. The fourth-order valence-electron chi connectivity index (χ4n) is 6.82. The molecule has 4 heteroatoms. The minimum Gasteiger partial charge on any atom is -0.404 e. The third kappa shape index (κ3) is 2.88. The van der Waals surface area contributed by atoms with E-state index >= 15 is 0 Å². The molecule has 3 aliphatic rings. The Balaban J connectivity index is 1.61. The van der Waals surface area contributed by atoms with E-state index in [1.165, 1.54) is 10.4 Å². The van der Waals surface area contributed by atoms with Crippen molar-refractivity contribution in [2.45, 2.75) is 57.3 Å². The van der Waals surface area contributed by atoms with Gasteiger partial charge in [-0.1, -0.05) is 81.4 Å². The first kappa shape index (κ1) is 20.2. The molecule has 0 amide bonds. The summed E-state index contributed by atoms with van der Waals surface area (Å²) in [6.45, 7) is 6.89. The molecule has 2 aromatic rings. The molecule has 2 aromatic carbocycles. The van der Waals surface area contributed by atoms with Gasteiger partial charge >= 0.3 is 0 Å². The molecule has 0 radical (unpaired) electrons. The summed E-state index contributed by atoms with van der Waals surface area (Å²) >= 11 is 0. The molecule has 30 heavy (non-hydrogen) atoms. The molecule has 0 unspecified atom stereocenters. The molecule has 0 saturated heterocycles. The second-order valence-corrected chi connectivity index (χ2v) is 14.8. The van der Waals surface area contributed by atoms with Crippen LogP contribution in [0.5, 0.6) is 0 Å². The van der Waals surface area contributed by atoms with Crippen LogP contribution in [0.1, 0.15) is 40.0 Å². The van der Waals surface area contributed by atoms with Gasteiger partial charge in [-0.25, -0.2) is 0 Å². The Labute approximate surface area is 180 Å². The summed E-state index contributed by atoms with van der Waals surface area (Å²) < 4.78 is 7.37. The average Bonchev–Trinajstić information content (AvgIpc) is 3.35. The first-order valence-electron chi connectivity index (χ1n) is 11.3. The number of Topliss-reactive ketones (excluding diaryl/α,β-unsaturated/α-hetero) is 1. The Morgan fingerprint density at radius 3 is 2.00 bits per heavy atom. The lowest BCUT2D eigenvalue weighted by atomic mass is 9.92. The molecule has 0 bridgehead atoms. The summed E-state index contributed by atoms with van der Waals surface area (Å²) in [5, 5.41) is 13.1. The molecule has 0 heterocycles. The van der Waals surface area contributed by atoms with Crippen LogP contribution in [-0.4, -0.2) is 31.4 Å². The summed E-state index contributed by atoms with van der Waals surface area (Å²) in [5.74, 6) is 1.20. The maximum atomic E-state index is 12.7. The third-order valence-corrected chi connectivity index (χ3v) is 13.1. The number of ketones is 1. The molecule has 3 nitrogen and oxygen atoms in total. The molecule has 0 aromatic heterocycles. The van der Waals surface area contributed by atoms with Gasteiger partial charge in [0.1, 0.15) is 5.78 Å². The maximum absolute atomic E-state index is 12.7. The number of aliphatic hydroxyl groups excluding tert-OH is 1. The van der Waals surface area contributed by atoms with E-state index in [1.807, 2.05) is 0 Å². The summed E-state index contributed by atoms with van der Waals surface area (Å²) in [4.78, 5) is 12.7. The molecule has 158 valence electrons. The lowest BCUT2D eigenvalue weighted by Crippen LogP contribution is -2.68. The number of benzene rings is 2. The number of hydrogen-bond acceptors (Lipinski definition) is 3. The van der Waals surface area contributed by atoms with Gasteiger partial charge in [-0.05, 0) is 46.0 Å². The van der Waals surface area contributed by atoms with Gasteiger partial charge in [-0.2, -0.15) is 0 Å². The molecule has 3 aliphatic carbocycles. The smallest absolute Gasteiger partial charge is 0.261 e. The van der Waals surface area contributed by atoms with E-state index < -0.39 is 8.32 Å². The summed E-state index contributed by atoms with van der Waals surface area (Å²) in [7, 11) is -2.64. The molecule has 5 rings (SSSR count). The number of hydrogen-bond donors (Lipinski definition) is 1. The van der Waals surface area contributed by atoms with Crippen LogP contribution in [0, 0.1) is 23.7 Å². The van der Waals surface area contributed by atoms with Gasteiger partial charge in [0, 0.05) is 18.4 Å². The first-order valence-corrected chi connectivity index (χ1v) is 13.2. The molecule has 6 atom stereocenters. The zero-order chi connectivity index (χ0) is 21.1. The molecule has 1 N–H and O–H groups in total. The fraction of sp³-hybridized carbons (Fsp3) is 0.500. The van der Waals surface area contributed by atoms with Gasteiger partial charge in [-0.15, -0.1) is 0 Å². The summed E-state index contributed by atoms with van der Waals surface area (Å²) in [6.07, 6.45) is 1.86. The van der Waals surface area contributed by atoms with Crippen molar-refractivity contribution in [1.29, 1.82) is 0 Å². The zero-order valence-electron chi connectivity index (χ0n) is 18.1. The van der Waals surface area contributed by atoms with Gasteiger partial charge in [0.25, 0.3) is 8.32 Å². The number of rotatable bonds is 4. The monoisotopic (exact) mass is 420 g/mol. The maximum Gasteiger partial charge on any atom is 0.261 e. The van der Waals surface area contributed by atoms with Crippen molar-refractivity contribution < 1.29 is 14.3 Å². The molecule has 0 spiro atoms. The Hall–Kier alpha value is -1.75. The van der Waals surface area contributed by atoms with E-state index in [1.54, 1.807) is 0 Å². The van der Waals surface area contributed by atoms with Crippen LogP contribution >= 0.6 is 0 Å². The standard InChI is InChI=1S/C26H32O3Si/c1-26(2,3)30(17-10-6-4-7-11-17,18-12-8-5-9-13-18)29-24-16-20-22(27)14-19-23(28)15-21(24)25(19)20/h4-13,19-21,23-25,28H,14-16H2,1-3H3/t19-,20-,21-,23+,24-,25+/m0/s1. The van der Waals surface area contributed by atoms with Gasteiger partial charge in [0.05, 0.1) is 6.10 Å². The average molecular weight is 421 g/mol. The van der Waals surface area contributed by atoms with Crippen molar-refractivity contribution in [3.63, 3.8) is 0 Å². The lowest BCUT2D eigenvalue weighted by Gasteiger charge is -2.45. The Kier molecular flexibility index (Phi) is 4.80. The first-order chi connectivity index (χ1) is 14.3. The minimum absolute atomic E-state index is 0.0372. The molecule has 3 saturated carbocycles. The van der Waals surface area contributed by atoms with Crippen LogP contribution in [-0.2, 0) is 9.22 Å². The van der Waals surface area contributed by atoms with Gasteiger partial charge in [0.15, 0.2) is 0 Å². The summed E-state index contributed by atoms with van der Waals surface area (Å²) in [6, 6.07) is 21.4. The van der Waals surface area contributed by atoms with Gasteiger partial charge in [0.2, 0.25) is 0 Å². The van der Waals surface area contributed by atoms with Crippen molar-refractivity contribution in [2.24, 2.45) is 23.7 Å². The molecule has 0 aliphatic heterocycles. The van der Waals surface area contributed by atoms with Gasteiger partial charge < -0.3 is 9.53 Å². The largest absolute Gasteiger partial charge is 0.404 e. The van der Waals surface area contributed by atoms with Crippen LogP contribution in [0.4, 0.5) is 0 Å². The van der Waals surface area contributed by atoms with E-state index in [9.17, 15) is 9.90 Å². The number of carbonyl (C=O) groups excluding carboxylic acids is 1. The lowest BCUT2D eigenvalue weighted by molar-refractivity contribution is -0.121. The van der Waals surface area contributed by atoms with Gasteiger partial charge in [-0.3, -0.25) is 4.79 Å². The number of aliphatic hydroxyl groups is 1. The quantitative estimate of drug-likeness (QED) is 0.770. The van der Waals surface area contributed by atoms with E-state index in [-0.39, 0.29) is 29.1 Å². The third-order valence-electron chi connectivity index (χ3n) is 8.02. The molecular weight excluding hydrogens is 388 g/mol. The van der Waals surface area contributed by atoms with Crippen LogP contribution in [0.15, 0.2) is 60.7 Å². The Bertz CT molecular complexity index is 881. The van der Waals surface area contributed by atoms with Crippen LogP contribution in [0.3, 0.4) is 0 Å². The highest BCUT2D eigenvalue weighted by Gasteiger charge is 2.63. The predicted octanol–water partition coefficient (Wildman–Crippen LogP) is 3.54. The Morgan fingerprint density at radius 2 is 1.47 bits per heavy atom. The second-order valence-electron chi connectivity index (χ2n) is 10.5. The van der Waals surface area contributed by atoms with Crippen molar-refractivity contribution in [2.75, 3.05) is 0 Å². The van der Waals surface area contributed by atoms with E-state index in [4.69, 9.17) is 4.43 Å². The van der Waals surface area contributed by atoms with Crippen molar-refractivity contribution in [3.8, 4) is 0 Å². The minimum atomic E-state index is -2.64. The van der Waals surface area contributed by atoms with Crippen molar-refractivity contribution in [3.05, 3.63) is 60.7 Å². The van der Waals surface area contributed by atoms with E-state index in [0.29, 0.717) is 24.0 Å². The SMILES string of the molecule is CC(C)(C)[Si](O[C@H]1C[C@H]2C(=O)C[C@@H]3[C@H]2[C@H]1C[C@H]3O)(c1ccccc1)c1ccccc1.